The molecule has 0 aromatic rings. The van der Waals surface area contributed by atoms with Crippen molar-refractivity contribution >= 4 is 17.8 Å². The van der Waals surface area contributed by atoms with Crippen LogP contribution in [0.5, 0.6) is 0 Å². The van der Waals surface area contributed by atoms with Crippen LogP contribution in [0.25, 0.3) is 0 Å². The molecule has 2 N–H and O–H groups in total. The van der Waals surface area contributed by atoms with Crippen molar-refractivity contribution in [3.05, 3.63) is 0 Å². The third kappa shape index (κ3) is 4.23. The van der Waals surface area contributed by atoms with Gasteiger partial charge >= 0.3 is 0 Å². The molecule has 0 fully saturated rings. The Kier molecular flexibility index (Phi) is 6.30. The zero-order chi connectivity index (χ0) is 8.69. The van der Waals surface area contributed by atoms with E-state index in [0.717, 1.165) is 13.0 Å². The summed E-state index contributed by atoms with van der Waals surface area (Å²) in [7, 11) is 3.60. The first-order valence-electron chi connectivity index (χ1n) is 3.64. The minimum atomic E-state index is 0.650. The molecule has 4 nitrogen and oxygen atoms in total. The summed E-state index contributed by atoms with van der Waals surface area (Å²) in [4.78, 5) is 4.17. The maximum Gasteiger partial charge on any atom is 0.185 e. The molecule has 0 aromatic heterocycles. The number of aliphatic imine (C=N–C) groups is 1. The first-order valence-corrected chi connectivity index (χ1v) is 4.09. The van der Waals surface area contributed by atoms with Gasteiger partial charge in [0.1, 0.15) is 0 Å². The molecule has 0 aromatic carbocycles. The molecule has 0 bridgehead atoms. The highest BCUT2D eigenvalue weighted by Gasteiger charge is 1.99. The Labute approximate surface area is 73.4 Å². The van der Waals surface area contributed by atoms with Gasteiger partial charge in [0.15, 0.2) is 5.17 Å². The third-order valence-electron chi connectivity index (χ3n) is 1.12. The van der Waals surface area contributed by atoms with Crippen molar-refractivity contribution in [2.24, 2.45) is 4.99 Å². The first-order chi connectivity index (χ1) is 5.26. The van der Waals surface area contributed by atoms with Crippen LogP contribution in [0.1, 0.15) is 13.3 Å². The molecule has 11 heavy (non-hydrogen) atoms. The molecule has 0 saturated carbocycles. The zero-order valence-corrected chi connectivity index (χ0v) is 8.15. The highest BCUT2D eigenvalue weighted by atomic mass is 32.1. The number of nitrogens with zero attached hydrogens (tertiary/aromatic N) is 2. The summed E-state index contributed by atoms with van der Waals surface area (Å²) in [5.41, 5.74) is 5.75. The van der Waals surface area contributed by atoms with E-state index in [4.69, 9.17) is 0 Å². The molecule has 0 aliphatic rings. The fourth-order valence-corrected chi connectivity index (χ4v) is 0.894. The summed E-state index contributed by atoms with van der Waals surface area (Å²) in [6.07, 6.45) is 1.03. The van der Waals surface area contributed by atoms with Crippen LogP contribution in [0.4, 0.5) is 0 Å². The lowest BCUT2D eigenvalue weighted by atomic mass is 10.5. The van der Waals surface area contributed by atoms with Gasteiger partial charge in [0, 0.05) is 20.6 Å². The monoisotopic (exact) mass is 176 g/mol. The van der Waals surface area contributed by atoms with Crippen LogP contribution < -0.4 is 10.9 Å². The highest BCUT2D eigenvalue weighted by Crippen LogP contribution is 1.89. The minimum Gasteiger partial charge on any atom is -0.261 e. The molecule has 0 aliphatic carbocycles. The summed E-state index contributed by atoms with van der Waals surface area (Å²) in [6, 6.07) is 0. The highest BCUT2D eigenvalue weighted by molar-refractivity contribution is 7.96. The van der Waals surface area contributed by atoms with Gasteiger partial charge in [0.2, 0.25) is 0 Å². The van der Waals surface area contributed by atoms with Gasteiger partial charge in [-0.05, 0) is 6.42 Å². The quantitative estimate of drug-likeness (QED) is 0.249. The van der Waals surface area contributed by atoms with Crippen molar-refractivity contribution in [1.29, 1.82) is 0 Å². The van der Waals surface area contributed by atoms with E-state index in [2.05, 4.69) is 35.4 Å². The summed E-state index contributed by atoms with van der Waals surface area (Å²) in [6.45, 7) is 2.88. The predicted molar refractivity (Wildman–Crippen MR) is 51.5 cm³/mol. The van der Waals surface area contributed by atoms with Gasteiger partial charge < -0.3 is 0 Å². The molecule has 0 aliphatic heterocycles. The largest absolute Gasteiger partial charge is 0.261 e. The molecular weight excluding hydrogens is 160 g/mol. The Hall–Kier alpha value is -0.260. The van der Waals surface area contributed by atoms with Crippen molar-refractivity contribution in [2.45, 2.75) is 13.3 Å². The Balaban J connectivity index is 3.85. The zero-order valence-electron chi connectivity index (χ0n) is 7.26. The molecule has 5 heteroatoms. The number of hydrogen-bond donors (Lipinski definition) is 3. The van der Waals surface area contributed by atoms with Gasteiger partial charge in [-0.15, -0.1) is 12.6 Å². The number of thiol groups is 1. The second kappa shape index (κ2) is 6.45. The van der Waals surface area contributed by atoms with Crippen LogP contribution in [-0.2, 0) is 0 Å². The number of rotatable bonds is 4. The Morgan fingerprint density at radius 3 is 2.36 bits per heavy atom. The summed E-state index contributed by atoms with van der Waals surface area (Å²) >= 11 is 4.17. The summed E-state index contributed by atoms with van der Waals surface area (Å²) in [5.74, 6) is 0. The number of hydrogen-bond acceptors (Lipinski definition) is 3. The van der Waals surface area contributed by atoms with E-state index in [1.807, 2.05) is 0 Å². The predicted octanol–water partition coefficient (Wildman–Crippen LogP) is 0.253. The van der Waals surface area contributed by atoms with Gasteiger partial charge in [0.05, 0.1) is 0 Å². The van der Waals surface area contributed by atoms with Gasteiger partial charge in [-0.1, -0.05) is 6.92 Å². The number of amidine groups is 1. The molecule has 0 amide bonds. The normalized spacial score (nSPS) is 11.8. The van der Waals surface area contributed by atoms with E-state index in [-0.39, 0.29) is 0 Å². The fraction of sp³-hybridized carbons (Fsp3) is 0.833. The topological polar surface area (TPSA) is 39.7 Å². The third-order valence-corrected chi connectivity index (χ3v) is 1.47. The summed E-state index contributed by atoms with van der Waals surface area (Å²) < 4.78 is 0. The van der Waals surface area contributed by atoms with Crippen molar-refractivity contribution in [3.63, 3.8) is 0 Å². The second-order valence-electron chi connectivity index (χ2n) is 1.96. The maximum atomic E-state index is 4.17. The standard InChI is InChI=1S/C6H16N4S/c1-4-5-9-6(11)10(7-2)8-3/h7-8H,4-5H2,1-3H3,(H,9,11). The van der Waals surface area contributed by atoms with Crippen LogP contribution in [0, 0.1) is 0 Å². The van der Waals surface area contributed by atoms with E-state index in [0.29, 0.717) is 5.17 Å². The molecule has 0 rings (SSSR count). The van der Waals surface area contributed by atoms with E-state index >= 15 is 0 Å². The van der Waals surface area contributed by atoms with Crippen LogP contribution >= 0.6 is 12.6 Å². The first kappa shape index (κ1) is 10.7. The van der Waals surface area contributed by atoms with Crippen LogP contribution in [-0.4, -0.2) is 30.9 Å². The molecule has 0 spiro atoms. The average molecular weight is 176 g/mol. The lowest BCUT2D eigenvalue weighted by molar-refractivity contribution is 0.272. The van der Waals surface area contributed by atoms with E-state index in [1.165, 1.54) is 0 Å². The molecule has 0 heterocycles. The van der Waals surface area contributed by atoms with Gasteiger partial charge in [-0.2, -0.15) is 0 Å². The Morgan fingerprint density at radius 1 is 1.45 bits per heavy atom. The van der Waals surface area contributed by atoms with Crippen molar-refractivity contribution in [2.75, 3.05) is 20.6 Å². The van der Waals surface area contributed by atoms with Gasteiger partial charge in [0.25, 0.3) is 0 Å². The molecule has 0 atom stereocenters. The van der Waals surface area contributed by atoms with Crippen LogP contribution in [0.3, 0.4) is 0 Å². The minimum absolute atomic E-state index is 0.650. The number of hydrazine groups is 2. The molecular formula is C6H16N4S. The van der Waals surface area contributed by atoms with E-state index in [1.54, 1.807) is 19.2 Å². The van der Waals surface area contributed by atoms with E-state index < -0.39 is 0 Å². The Bertz CT molecular complexity index is 122. The molecule has 0 radical (unpaired) electrons. The average Bonchev–Trinajstić information content (AvgIpc) is 2.03. The van der Waals surface area contributed by atoms with Gasteiger partial charge in [-0.3, -0.25) is 4.99 Å². The molecule has 0 saturated heterocycles. The van der Waals surface area contributed by atoms with Crippen molar-refractivity contribution < 1.29 is 0 Å². The SMILES string of the molecule is CCCN=C(S)N(NC)NC. The number of nitrogens with one attached hydrogen (secondary N) is 2. The van der Waals surface area contributed by atoms with E-state index in [9.17, 15) is 0 Å². The molecule has 66 valence electrons. The fourth-order valence-electron chi connectivity index (χ4n) is 0.594. The Morgan fingerprint density at radius 2 is 2.00 bits per heavy atom. The molecule has 0 unspecified atom stereocenters. The van der Waals surface area contributed by atoms with Crippen LogP contribution in [0.2, 0.25) is 0 Å². The lowest BCUT2D eigenvalue weighted by Gasteiger charge is -2.19. The van der Waals surface area contributed by atoms with Gasteiger partial charge in [-0.25, -0.2) is 16.0 Å². The second-order valence-corrected chi connectivity index (χ2v) is 2.36. The lowest BCUT2D eigenvalue weighted by Crippen LogP contribution is -2.46. The van der Waals surface area contributed by atoms with Crippen molar-refractivity contribution in [3.8, 4) is 0 Å². The van der Waals surface area contributed by atoms with Crippen molar-refractivity contribution in [1.82, 2.24) is 16.0 Å². The maximum absolute atomic E-state index is 4.17. The smallest absolute Gasteiger partial charge is 0.185 e. The summed E-state index contributed by atoms with van der Waals surface area (Å²) in [5, 5.41) is 2.29. The van der Waals surface area contributed by atoms with Crippen LogP contribution in [0.15, 0.2) is 4.99 Å².